The number of methoxy groups -OCH3 is 2. The summed E-state index contributed by atoms with van der Waals surface area (Å²) < 4.78 is 10.3. The number of carbonyl (C=O) groups is 1. The molecule has 0 fully saturated rings. The predicted molar refractivity (Wildman–Crippen MR) is 77.2 cm³/mol. The summed E-state index contributed by atoms with van der Waals surface area (Å²) in [5.41, 5.74) is 6.48. The quantitative estimate of drug-likeness (QED) is 0.653. The molecule has 0 aromatic heterocycles. The van der Waals surface area contributed by atoms with E-state index in [1.807, 2.05) is 6.92 Å². The summed E-state index contributed by atoms with van der Waals surface area (Å²) in [6.45, 7) is 2.28. The number of hydrogen-bond acceptors (Lipinski definition) is 5. The summed E-state index contributed by atoms with van der Waals surface area (Å²) in [5.74, 6) is 0.621. The smallest absolute Gasteiger partial charge is 0.253 e. The number of carbonyl (C=O) groups excluding carboxylic acids is 1. The number of nitrogens with one attached hydrogen (secondary N) is 1. The summed E-state index contributed by atoms with van der Waals surface area (Å²) in [5, 5.41) is 12.2. The van der Waals surface area contributed by atoms with Crippen molar-refractivity contribution in [2.75, 3.05) is 26.5 Å². The molecule has 6 nitrogen and oxygen atoms in total. The minimum absolute atomic E-state index is 0.299. The molecule has 1 aromatic rings. The van der Waals surface area contributed by atoms with E-state index in [2.05, 4.69) is 5.32 Å². The number of nitrogen functional groups attached to an aromatic ring is 1. The van der Waals surface area contributed by atoms with Crippen LogP contribution in [0.5, 0.6) is 11.5 Å². The van der Waals surface area contributed by atoms with Gasteiger partial charge in [-0.25, -0.2) is 0 Å². The lowest BCUT2D eigenvalue weighted by molar-refractivity contribution is 0.0942. The van der Waals surface area contributed by atoms with Crippen LogP contribution in [0.25, 0.3) is 0 Å². The summed E-state index contributed by atoms with van der Waals surface area (Å²) in [7, 11) is 3.00. The Balaban J connectivity index is 2.77. The maximum atomic E-state index is 12.0. The van der Waals surface area contributed by atoms with Crippen LogP contribution in [-0.2, 0) is 0 Å². The first kappa shape index (κ1) is 16.1. The highest BCUT2D eigenvalue weighted by Crippen LogP contribution is 2.31. The van der Waals surface area contributed by atoms with Crippen molar-refractivity contribution in [2.24, 2.45) is 0 Å². The number of rotatable bonds is 7. The van der Waals surface area contributed by atoms with Gasteiger partial charge in [-0.3, -0.25) is 4.79 Å². The van der Waals surface area contributed by atoms with E-state index in [0.717, 1.165) is 0 Å². The van der Waals surface area contributed by atoms with Crippen LogP contribution in [0.2, 0.25) is 0 Å². The molecule has 1 unspecified atom stereocenters. The summed E-state index contributed by atoms with van der Waals surface area (Å²) in [6.07, 6.45) is 0.766. The Labute approximate surface area is 118 Å². The third-order valence-corrected chi connectivity index (χ3v) is 3.03. The van der Waals surface area contributed by atoms with Crippen LogP contribution in [-0.4, -0.2) is 37.9 Å². The number of hydrogen-bond donors (Lipinski definition) is 3. The Hall–Kier alpha value is -1.95. The van der Waals surface area contributed by atoms with Gasteiger partial charge in [0.25, 0.3) is 5.91 Å². The number of benzene rings is 1. The molecule has 1 amide bonds. The number of ether oxygens (including phenoxy) is 2. The maximum Gasteiger partial charge on any atom is 0.253 e. The first-order valence-corrected chi connectivity index (χ1v) is 6.51. The number of aliphatic hydroxyl groups excluding tert-OH is 1. The van der Waals surface area contributed by atoms with E-state index in [4.69, 9.17) is 15.2 Å². The molecule has 1 rings (SSSR count). The van der Waals surface area contributed by atoms with Crippen molar-refractivity contribution in [1.29, 1.82) is 0 Å². The van der Waals surface area contributed by atoms with Crippen LogP contribution in [0.4, 0.5) is 5.69 Å². The van der Waals surface area contributed by atoms with Crippen molar-refractivity contribution >= 4 is 11.6 Å². The largest absolute Gasteiger partial charge is 0.493 e. The molecule has 0 bridgehead atoms. The van der Waals surface area contributed by atoms with Crippen molar-refractivity contribution in [2.45, 2.75) is 25.9 Å². The zero-order valence-corrected chi connectivity index (χ0v) is 12.1. The Morgan fingerprint density at radius 2 is 1.95 bits per heavy atom. The Morgan fingerprint density at radius 3 is 2.50 bits per heavy atom. The van der Waals surface area contributed by atoms with Crippen molar-refractivity contribution in [3.05, 3.63) is 17.7 Å². The lowest BCUT2D eigenvalue weighted by Crippen LogP contribution is -2.27. The standard InChI is InChI=1S/C14H22N2O4/c1-4-9(17)5-6-16-14(18)10-7-12(19-2)13(20-3)8-11(10)15/h7-9,17H,4-6,15H2,1-3H3,(H,16,18). The van der Waals surface area contributed by atoms with E-state index < -0.39 is 6.10 Å². The van der Waals surface area contributed by atoms with Crippen molar-refractivity contribution < 1.29 is 19.4 Å². The zero-order valence-electron chi connectivity index (χ0n) is 12.1. The molecule has 0 spiro atoms. The summed E-state index contributed by atoms with van der Waals surface area (Å²) in [4.78, 5) is 12.0. The van der Waals surface area contributed by atoms with E-state index in [0.29, 0.717) is 42.1 Å². The molecule has 20 heavy (non-hydrogen) atoms. The average molecular weight is 282 g/mol. The summed E-state index contributed by atoms with van der Waals surface area (Å²) in [6, 6.07) is 3.09. The number of nitrogens with two attached hydrogens (primary N) is 1. The van der Waals surface area contributed by atoms with Crippen LogP contribution >= 0.6 is 0 Å². The minimum atomic E-state index is -0.405. The third-order valence-electron chi connectivity index (χ3n) is 3.03. The van der Waals surface area contributed by atoms with E-state index in [9.17, 15) is 9.90 Å². The average Bonchev–Trinajstić information content (AvgIpc) is 2.46. The second-order valence-electron chi connectivity index (χ2n) is 4.40. The van der Waals surface area contributed by atoms with Crippen molar-refractivity contribution in [3.8, 4) is 11.5 Å². The van der Waals surface area contributed by atoms with Gasteiger partial charge in [0.1, 0.15) is 0 Å². The van der Waals surface area contributed by atoms with Gasteiger partial charge in [0.05, 0.1) is 25.9 Å². The minimum Gasteiger partial charge on any atom is -0.493 e. The fraction of sp³-hybridized carbons (Fsp3) is 0.500. The topological polar surface area (TPSA) is 93.8 Å². The van der Waals surface area contributed by atoms with Gasteiger partial charge in [-0.05, 0) is 18.9 Å². The lowest BCUT2D eigenvalue weighted by atomic mass is 10.1. The second kappa shape index (κ2) is 7.59. The normalized spacial score (nSPS) is 11.8. The van der Waals surface area contributed by atoms with Crippen LogP contribution in [0.3, 0.4) is 0 Å². The molecule has 0 aliphatic rings. The Kier molecular flexibility index (Phi) is 6.11. The van der Waals surface area contributed by atoms with E-state index in [1.165, 1.54) is 14.2 Å². The predicted octanol–water partition coefficient (Wildman–Crippen LogP) is 1.18. The highest BCUT2D eigenvalue weighted by molar-refractivity contribution is 6.00. The van der Waals surface area contributed by atoms with Gasteiger partial charge < -0.3 is 25.6 Å². The molecule has 0 heterocycles. The van der Waals surface area contributed by atoms with E-state index in [1.54, 1.807) is 12.1 Å². The Bertz CT molecular complexity index is 463. The number of amides is 1. The molecule has 0 aliphatic heterocycles. The van der Waals surface area contributed by atoms with Gasteiger partial charge in [-0.15, -0.1) is 0 Å². The second-order valence-corrected chi connectivity index (χ2v) is 4.40. The number of aliphatic hydroxyl groups is 1. The summed E-state index contributed by atoms with van der Waals surface area (Å²) >= 11 is 0. The number of anilines is 1. The van der Waals surface area contributed by atoms with Gasteiger partial charge in [0, 0.05) is 18.3 Å². The van der Waals surface area contributed by atoms with Crippen LogP contribution in [0.1, 0.15) is 30.1 Å². The van der Waals surface area contributed by atoms with Crippen LogP contribution in [0.15, 0.2) is 12.1 Å². The molecule has 0 saturated carbocycles. The third kappa shape index (κ3) is 4.03. The molecule has 0 aliphatic carbocycles. The monoisotopic (exact) mass is 282 g/mol. The first-order chi connectivity index (χ1) is 9.53. The van der Waals surface area contributed by atoms with Crippen LogP contribution in [0, 0.1) is 0 Å². The van der Waals surface area contributed by atoms with Gasteiger partial charge in [0.15, 0.2) is 11.5 Å². The zero-order chi connectivity index (χ0) is 15.1. The van der Waals surface area contributed by atoms with Gasteiger partial charge >= 0.3 is 0 Å². The molecule has 1 atom stereocenters. The highest BCUT2D eigenvalue weighted by Gasteiger charge is 2.15. The van der Waals surface area contributed by atoms with Gasteiger partial charge in [0.2, 0.25) is 0 Å². The van der Waals surface area contributed by atoms with Crippen LogP contribution < -0.4 is 20.5 Å². The van der Waals surface area contributed by atoms with Crippen molar-refractivity contribution in [3.63, 3.8) is 0 Å². The molecular formula is C14H22N2O4. The molecular weight excluding hydrogens is 260 g/mol. The fourth-order valence-corrected chi connectivity index (χ4v) is 1.74. The highest BCUT2D eigenvalue weighted by atomic mass is 16.5. The SMILES string of the molecule is CCC(O)CCNC(=O)c1cc(OC)c(OC)cc1N. The molecule has 1 aromatic carbocycles. The Morgan fingerprint density at radius 1 is 1.35 bits per heavy atom. The molecule has 112 valence electrons. The molecule has 0 radical (unpaired) electrons. The first-order valence-electron chi connectivity index (χ1n) is 6.51. The van der Waals surface area contributed by atoms with Gasteiger partial charge in [-0.2, -0.15) is 0 Å². The molecule has 6 heteroatoms. The molecule has 4 N–H and O–H groups in total. The lowest BCUT2D eigenvalue weighted by Gasteiger charge is -2.13. The van der Waals surface area contributed by atoms with Gasteiger partial charge in [-0.1, -0.05) is 6.92 Å². The van der Waals surface area contributed by atoms with Crippen molar-refractivity contribution in [1.82, 2.24) is 5.32 Å². The van der Waals surface area contributed by atoms with E-state index >= 15 is 0 Å². The maximum absolute atomic E-state index is 12.0. The fourth-order valence-electron chi connectivity index (χ4n) is 1.74. The molecule has 0 saturated heterocycles. The van der Waals surface area contributed by atoms with E-state index in [-0.39, 0.29) is 5.91 Å².